The van der Waals surface area contributed by atoms with Gasteiger partial charge in [0.1, 0.15) is 6.04 Å². The van der Waals surface area contributed by atoms with Crippen LogP contribution >= 0.6 is 0 Å². The summed E-state index contributed by atoms with van der Waals surface area (Å²) in [5.74, 6) is 1.23. The highest BCUT2D eigenvalue weighted by Gasteiger charge is 2.34. The number of hydrogen-bond donors (Lipinski definition) is 2. The van der Waals surface area contributed by atoms with Crippen LogP contribution in [0.1, 0.15) is 38.5 Å². The zero-order valence-electron chi connectivity index (χ0n) is 9.25. The predicted molar refractivity (Wildman–Crippen MR) is 59.6 cm³/mol. The third-order valence-corrected chi connectivity index (χ3v) is 3.41. The standard InChI is InChI=1S/C11H19N3O/c1-12-11-13-9(10(15)14-11)8-6-4-2-3-5-7-8/h8-9H,2-7H2,1H3,(H2,12,13,14,15). The van der Waals surface area contributed by atoms with Crippen molar-refractivity contribution in [3.05, 3.63) is 0 Å². The molecule has 0 aromatic heterocycles. The van der Waals surface area contributed by atoms with E-state index in [1.807, 2.05) is 0 Å². The average molecular weight is 209 g/mol. The molecule has 1 atom stereocenters. The first-order valence-corrected chi connectivity index (χ1v) is 5.85. The molecule has 2 aliphatic rings. The quantitative estimate of drug-likeness (QED) is 0.634. The van der Waals surface area contributed by atoms with Crippen molar-refractivity contribution in [1.29, 1.82) is 0 Å². The van der Waals surface area contributed by atoms with Crippen LogP contribution in [0.5, 0.6) is 0 Å². The minimum Gasteiger partial charge on any atom is -0.344 e. The van der Waals surface area contributed by atoms with E-state index in [9.17, 15) is 4.79 Å². The Balaban J connectivity index is 2.00. The van der Waals surface area contributed by atoms with Gasteiger partial charge >= 0.3 is 0 Å². The third-order valence-electron chi connectivity index (χ3n) is 3.41. The van der Waals surface area contributed by atoms with Crippen molar-refractivity contribution in [2.45, 2.75) is 44.6 Å². The maximum atomic E-state index is 11.7. The van der Waals surface area contributed by atoms with Crippen LogP contribution in [0.3, 0.4) is 0 Å². The zero-order chi connectivity index (χ0) is 10.7. The van der Waals surface area contributed by atoms with Gasteiger partial charge in [-0.3, -0.25) is 15.1 Å². The van der Waals surface area contributed by atoms with Gasteiger partial charge in [0.2, 0.25) is 5.91 Å². The van der Waals surface area contributed by atoms with Gasteiger partial charge in [0.05, 0.1) is 0 Å². The maximum absolute atomic E-state index is 11.7. The van der Waals surface area contributed by atoms with Crippen molar-refractivity contribution in [2.24, 2.45) is 10.9 Å². The second-order valence-electron chi connectivity index (χ2n) is 4.44. The largest absolute Gasteiger partial charge is 0.344 e. The molecular weight excluding hydrogens is 190 g/mol. The summed E-state index contributed by atoms with van der Waals surface area (Å²) in [4.78, 5) is 15.7. The number of hydrogen-bond acceptors (Lipinski definition) is 2. The van der Waals surface area contributed by atoms with Crippen molar-refractivity contribution in [3.8, 4) is 0 Å². The molecular formula is C11H19N3O. The highest BCUT2D eigenvalue weighted by atomic mass is 16.2. The van der Waals surface area contributed by atoms with Gasteiger partial charge in [-0.1, -0.05) is 25.7 Å². The molecule has 4 heteroatoms. The summed E-state index contributed by atoms with van der Waals surface area (Å²) in [6.45, 7) is 0. The summed E-state index contributed by atoms with van der Waals surface area (Å²) in [6, 6.07) is -0.0400. The van der Waals surface area contributed by atoms with Crippen molar-refractivity contribution in [1.82, 2.24) is 10.6 Å². The molecule has 1 amide bonds. The van der Waals surface area contributed by atoms with Gasteiger partial charge in [0, 0.05) is 7.05 Å². The van der Waals surface area contributed by atoms with E-state index in [2.05, 4.69) is 15.6 Å². The van der Waals surface area contributed by atoms with E-state index in [0.717, 1.165) is 0 Å². The lowest BCUT2D eigenvalue weighted by Gasteiger charge is -2.19. The van der Waals surface area contributed by atoms with Crippen molar-refractivity contribution < 1.29 is 4.79 Å². The van der Waals surface area contributed by atoms with Crippen LogP contribution in [0.25, 0.3) is 0 Å². The number of nitrogens with one attached hydrogen (secondary N) is 2. The number of amides is 1. The van der Waals surface area contributed by atoms with Gasteiger partial charge in [-0.05, 0) is 18.8 Å². The molecule has 15 heavy (non-hydrogen) atoms. The van der Waals surface area contributed by atoms with E-state index in [-0.39, 0.29) is 11.9 Å². The normalized spacial score (nSPS) is 31.1. The number of carbonyl (C=O) groups is 1. The molecule has 1 saturated heterocycles. The van der Waals surface area contributed by atoms with Crippen LogP contribution in [0.4, 0.5) is 0 Å². The maximum Gasteiger partial charge on any atom is 0.249 e. The first-order chi connectivity index (χ1) is 7.31. The molecule has 0 bridgehead atoms. The monoisotopic (exact) mass is 209 g/mol. The fourth-order valence-corrected chi connectivity index (χ4v) is 2.54. The van der Waals surface area contributed by atoms with Gasteiger partial charge in [-0.15, -0.1) is 0 Å². The van der Waals surface area contributed by atoms with E-state index in [1.54, 1.807) is 7.05 Å². The highest BCUT2D eigenvalue weighted by Crippen LogP contribution is 2.26. The molecule has 1 aliphatic carbocycles. The van der Waals surface area contributed by atoms with Gasteiger partial charge in [0.15, 0.2) is 5.96 Å². The van der Waals surface area contributed by atoms with Crippen LogP contribution < -0.4 is 10.6 Å². The van der Waals surface area contributed by atoms with Gasteiger partial charge in [-0.2, -0.15) is 0 Å². The van der Waals surface area contributed by atoms with Crippen LogP contribution in [-0.4, -0.2) is 25.0 Å². The third kappa shape index (κ3) is 2.30. The molecule has 1 heterocycles. The first-order valence-electron chi connectivity index (χ1n) is 5.85. The van der Waals surface area contributed by atoms with Crippen LogP contribution in [0.2, 0.25) is 0 Å². The van der Waals surface area contributed by atoms with Crippen molar-refractivity contribution in [2.75, 3.05) is 7.05 Å². The molecule has 1 saturated carbocycles. The summed E-state index contributed by atoms with van der Waals surface area (Å²) >= 11 is 0. The average Bonchev–Trinajstić information content (AvgIpc) is 2.48. The second-order valence-corrected chi connectivity index (χ2v) is 4.44. The Bertz CT molecular complexity index is 267. The lowest BCUT2D eigenvalue weighted by atomic mass is 9.92. The minimum absolute atomic E-state index is 0.0400. The summed E-state index contributed by atoms with van der Waals surface area (Å²) in [7, 11) is 1.69. The van der Waals surface area contributed by atoms with E-state index in [1.165, 1.54) is 38.5 Å². The Morgan fingerprint density at radius 2 is 1.87 bits per heavy atom. The molecule has 84 valence electrons. The number of carbonyl (C=O) groups excluding carboxylic acids is 1. The van der Waals surface area contributed by atoms with E-state index in [4.69, 9.17) is 0 Å². The van der Waals surface area contributed by atoms with Crippen molar-refractivity contribution >= 4 is 11.9 Å². The fraction of sp³-hybridized carbons (Fsp3) is 0.818. The summed E-state index contributed by atoms with van der Waals surface area (Å²) < 4.78 is 0. The Hall–Kier alpha value is -1.06. The Labute approximate surface area is 90.5 Å². The Kier molecular flexibility index (Phi) is 3.23. The summed E-state index contributed by atoms with van der Waals surface area (Å²) in [5, 5.41) is 5.95. The van der Waals surface area contributed by atoms with E-state index < -0.39 is 0 Å². The summed E-state index contributed by atoms with van der Waals surface area (Å²) in [6.07, 6.45) is 7.49. The first kappa shape index (κ1) is 10.5. The molecule has 2 N–H and O–H groups in total. The number of guanidine groups is 1. The highest BCUT2D eigenvalue weighted by molar-refractivity contribution is 6.06. The van der Waals surface area contributed by atoms with Crippen molar-refractivity contribution in [3.63, 3.8) is 0 Å². The molecule has 0 aromatic carbocycles. The molecule has 2 rings (SSSR count). The predicted octanol–water partition coefficient (Wildman–Crippen LogP) is 1.03. The topological polar surface area (TPSA) is 53.5 Å². The second kappa shape index (κ2) is 4.64. The molecule has 1 aliphatic heterocycles. The van der Waals surface area contributed by atoms with E-state index in [0.29, 0.717) is 11.9 Å². The SMILES string of the molecule is CN=C1NC(=O)C(C2CCCCCC2)N1. The molecule has 0 spiro atoms. The smallest absolute Gasteiger partial charge is 0.249 e. The number of rotatable bonds is 1. The molecule has 0 radical (unpaired) electrons. The Morgan fingerprint density at radius 1 is 1.20 bits per heavy atom. The lowest BCUT2D eigenvalue weighted by Crippen LogP contribution is -2.36. The summed E-state index contributed by atoms with van der Waals surface area (Å²) in [5.41, 5.74) is 0. The van der Waals surface area contributed by atoms with Crippen LogP contribution in [-0.2, 0) is 4.79 Å². The fourth-order valence-electron chi connectivity index (χ4n) is 2.54. The molecule has 4 nitrogen and oxygen atoms in total. The van der Waals surface area contributed by atoms with Crippen LogP contribution in [0, 0.1) is 5.92 Å². The number of aliphatic imine (C=N–C) groups is 1. The molecule has 1 unspecified atom stereocenters. The minimum atomic E-state index is -0.0400. The number of nitrogens with zero attached hydrogens (tertiary/aromatic N) is 1. The van der Waals surface area contributed by atoms with Gasteiger partial charge in [-0.25, -0.2) is 0 Å². The van der Waals surface area contributed by atoms with E-state index >= 15 is 0 Å². The Morgan fingerprint density at radius 3 is 2.40 bits per heavy atom. The molecule has 2 fully saturated rings. The zero-order valence-corrected chi connectivity index (χ0v) is 9.25. The molecule has 0 aromatic rings. The van der Waals surface area contributed by atoms with Gasteiger partial charge < -0.3 is 5.32 Å². The lowest BCUT2D eigenvalue weighted by molar-refractivity contribution is -0.121. The van der Waals surface area contributed by atoms with Crippen LogP contribution in [0.15, 0.2) is 4.99 Å². The van der Waals surface area contributed by atoms with Gasteiger partial charge in [0.25, 0.3) is 0 Å².